The maximum atomic E-state index is 6.14. The Bertz CT molecular complexity index is 470. The third kappa shape index (κ3) is 2.08. The quantitative estimate of drug-likeness (QED) is 0.905. The fraction of sp³-hybridized carbons (Fsp3) is 0.800. The topological polar surface area (TPSA) is 56.3 Å². The van der Waals surface area contributed by atoms with Gasteiger partial charge in [-0.1, -0.05) is 0 Å². The van der Waals surface area contributed by atoms with Crippen LogP contribution in [0.15, 0.2) is 12.5 Å². The van der Waals surface area contributed by atoms with E-state index in [1.165, 1.54) is 37.8 Å². The van der Waals surface area contributed by atoms with E-state index in [0.717, 1.165) is 13.2 Å². The number of fused-ring (bicyclic) bond motifs is 1. The van der Waals surface area contributed by atoms with Crippen molar-refractivity contribution in [1.29, 1.82) is 0 Å². The average Bonchev–Trinajstić information content (AvgIpc) is 3.02. The number of nitrogens with zero attached hydrogens (tertiary/aromatic N) is 3. The molecule has 0 aromatic carbocycles. The molecule has 4 rings (SSSR count). The molecule has 0 bridgehead atoms. The summed E-state index contributed by atoms with van der Waals surface area (Å²) in [5.41, 5.74) is 7.45. The van der Waals surface area contributed by atoms with Crippen molar-refractivity contribution in [2.45, 2.75) is 56.3 Å². The summed E-state index contributed by atoms with van der Waals surface area (Å²) in [6, 6.07) is 1.52. The van der Waals surface area contributed by atoms with E-state index < -0.39 is 0 Å². The smallest absolute Gasteiger partial charge is 0.0951 e. The maximum Gasteiger partial charge on any atom is 0.0951 e. The van der Waals surface area contributed by atoms with Gasteiger partial charge in [-0.2, -0.15) is 0 Å². The largest absolute Gasteiger partial charge is 0.375 e. The van der Waals surface area contributed by atoms with Crippen LogP contribution in [0.4, 0.5) is 0 Å². The Labute approximate surface area is 120 Å². The minimum atomic E-state index is 0.299. The second kappa shape index (κ2) is 5.13. The fourth-order valence-electron chi connectivity index (χ4n) is 4.00. The molecule has 1 aliphatic heterocycles. The normalized spacial score (nSPS) is 32.2. The molecule has 3 unspecified atom stereocenters. The molecule has 20 heavy (non-hydrogen) atoms. The standard InChI is InChI=1S/C15H24N4O/c16-8-13(14-9-17-10-19(14)11-4-5-11)18-6-7-20-15-3-1-2-12(15)18/h9-13,15H,1-8,16H2. The zero-order valence-electron chi connectivity index (χ0n) is 11.9. The van der Waals surface area contributed by atoms with Gasteiger partial charge < -0.3 is 15.0 Å². The SMILES string of the molecule is NCC(c1cncn1C1CC1)N1CCOC2CCCC21. The van der Waals surface area contributed by atoms with Gasteiger partial charge in [-0.15, -0.1) is 0 Å². The van der Waals surface area contributed by atoms with Crippen LogP contribution in [0, 0.1) is 0 Å². The molecule has 5 heteroatoms. The molecule has 5 nitrogen and oxygen atoms in total. The van der Waals surface area contributed by atoms with Crippen molar-refractivity contribution in [3.8, 4) is 0 Å². The molecule has 3 aliphatic rings. The van der Waals surface area contributed by atoms with E-state index in [-0.39, 0.29) is 0 Å². The molecule has 2 aliphatic carbocycles. The molecule has 1 aromatic rings. The molecular formula is C15H24N4O. The third-order valence-electron chi connectivity index (χ3n) is 5.13. The lowest BCUT2D eigenvalue weighted by Crippen LogP contribution is -2.51. The van der Waals surface area contributed by atoms with Gasteiger partial charge in [0.2, 0.25) is 0 Å². The Hall–Kier alpha value is -0.910. The van der Waals surface area contributed by atoms with Crippen LogP contribution < -0.4 is 5.73 Å². The summed E-state index contributed by atoms with van der Waals surface area (Å²) >= 11 is 0. The number of imidazole rings is 1. The van der Waals surface area contributed by atoms with Crippen molar-refractivity contribution < 1.29 is 4.74 Å². The first kappa shape index (κ1) is 12.8. The van der Waals surface area contributed by atoms with Crippen molar-refractivity contribution in [2.24, 2.45) is 5.73 Å². The third-order valence-corrected chi connectivity index (χ3v) is 5.13. The second-order valence-electron chi connectivity index (χ2n) is 6.35. The molecule has 2 saturated carbocycles. The van der Waals surface area contributed by atoms with Gasteiger partial charge in [-0.3, -0.25) is 4.90 Å². The summed E-state index contributed by atoms with van der Waals surface area (Å²) in [6.07, 6.45) is 10.8. The Balaban J connectivity index is 1.61. The highest BCUT2D eigenvalue weighted by atomic mass is 16.5. The Morgan fingerprint density at radius 2 is 2.25 bits per heavy atom. The van der Waals surface area contributed by atoms with Crippen LogP contribution in [-0.4, -0.2) is 46.3 Å². The number of aromatic nitrogens is 2. The van der Waals surface area contributed by atoms with E-state index in [1.807, 2.05) is 12.5 Å². The predicted octanol–water partition coefficient (Wildman–Crippen LogP) is 1.47. The van der Waals surface area contributed by atoms with Gasteiger partial charge in [0.15, 0.2) is 0 Å². The molecule has 2 heterocycles. The number of rotatable bonds is 4. The van der Waals surface area contributed by atoms with Gasteiger partial charge in [-0.25, -0.2) is 4.98 Å². The van der Waals surface area contributed by atoms with Crippen LogP contribution >= 0.6 is 0 Å². The minimum absolute atomic E-state index is 0.299. The zero-order chi connectivity index (χ0) is 13.5. The Morgan fingerprint density at radius 3 is 3.05 bits per heavy atom. The van der Waals surface area contributed by atoms with Crippen molar-refractivity contribution in [3.05, 3.63) is 18.2 Å². The van der Waals surface area contributed by atoms with E-state index in [9.17, 15) is 0 Å². The molecule has 3 fully saturated rings. The van der Waals surface area contributed by atoms with E-state index in [1.54, 1.807) is 0 Å². The van der Waals surface area contributed by atoms with Crippen LogP contribution in [0.3, 0.4) is 0 Å². The van der Waals surface area contributed by atoms with Gasteiger partial charge in [0, 0.05) is 31.4 Å². The van der Waals surface area contributed by atoms with Crippen molar-refractivity contribution in [3.63, 3.8) is 0 Å². The molecule has 1 saturated heterocycles. The number of hydrogen-bond acceptors (Lipinski definition) is 4. The van der Waals surface area contributed by atoms with Crippen LogP contribution in [-0.2, 0) is 4.74 Å². The van der Waals surface area contributed by atoms with Crippen molar-refractivity contribution in [2.75, 3.05) is 19.7 Å². The predicted molar refractivity (Wildman–Crippen MR) is 76.4 cm³/mol. The number of ether oxygens (including phenoxy) is 1. The van der Waals surface area contributed by atoms with Gasteiger partial charge in [0.05, 0.1) is 30.8 Å². The van der Waals surface area contributed by atoms with Gasteiger partial charge in [0.25, 0.3) is 0 Å². The highest BCUT2D eigenvalue weighted by Gasteiger charge is 2.40. The lowest BCUT2D eigenvalue weighted by molar-refractivity contribution is -0.0721. The van der Waals surface area contributed by atoms with Gasteiger partial charge >= 0.3 is 0 Å². The van der Waals surface area contributed by atoms with Gasteiger partial charge in [-0.05, 0) is 32.1 Å². The molecule has 110 valence electrons. The zero-order valence-corrected chi connectivity index (χ0v) is 11.9. The first-order chi connectivity index (χ1) is 9.88. The fourth-order valence-corrected chi connectivity index (χ4v) is 4.00. The Kier molecular flexibility index (Phi) is 3.28. The molecular weight excluding hydrogens is 252 g/mol. The highest BCUT2D eigenvalue weighted by Crippen LogP contribution is 2.40. The highest BCUT2D eigenvalue weighted by molar-refractivity contribution is 5.11. The average molecular weight is 276 g/mol. The lowest BCUT2D eigenvalue weighted by Gasteiger charge is -2.42. The van der Waals surface area contributed by atoms with Gasteiger partial charge in [0.1, 0.15) is 0 Å². The monoisotopic (exact) mass is 276 g/mol. The van der Waals surface area contributed by atoms with Crippen molar-refractivity contribution in [1.82, 2.24) is 14.5 Å². The molecule has 1 aromatic heterocycles. The summed E-state index contributed by atoms with van der Waals surface area (Å²) in [4.78, 5) is 6.98. The van der Waals surface area contributed by atoms with E-state index in [0.29, 0.717) is 30.8 Å². The summed E-state index contributed by atoms with van der Waals surface area (Å²) in [5.74, 6) is 0. The number of nitrogens with two attached hydrogens (primary N) is 1. The molecule has 2 N–H and O–H groups in total. The van der Waals surface area contributed by atoms with Crippen LogP contribution in [0.2, 0.25) is 0 Å². The molecule has 0 spiro atoms. The number of morpholine rings is 1. The summed E-state index contributed by atoms with van der Waals surface area (Å²) in [6.45, 7) is 2.51. The maximum absolute atomic E-state index is 6.14. The van der Waals surface area contributed by atoms with Crippen LogP contribution in [0.1, 0.15) is 49.9 Å². The molecule has 0 radical (unpaired) electrons. The minimum Gasteiger partial charge on any atom is -0.375 e. The van der Waals surface area contributed by atoms with E-state index in [4.69, 9.17) is 10.5 Å². The van der Waals surface area contributed by atoms with Crippen LogP contribution in [0.5, 0.6) is 0 Å². The lowest BCUT2D eigenvalue weighted by atomic mass is 10.0. The first-order valence-corrected chi connectivity index (χ1v) is 7.97. The Morgan fingerprint density at radius 1 is 1.35 bits per heavy atom. The first-order valence-electron chi connectivity index (χ1n) is 7.97. The second-order valence-corrected chi connectivity index (χ2v) is 6.35. The number of hydrogen-bond donors (Lipinski definition) is 1. The molecule has 3 atom stereocenters. The van der Waals surface area contributed by atoms with Crippen LogP contribution in [0.25, 0.3) is 0 Å². The van der Waals surface area contributed by atoms with Crippen molar-refractivity contribution >= 4 is 0 Å². The van der Waals surface area contributed by atoms with E-state index in [2.05, 4.69) is 14.5 Å². The molecule has 0 amide bonds. The van der Waals surface area contributed by atoms with E-state index >= 15 is 0 Å². The summed E-state index contributed by atoms with van der Waals surface area (Å²) < 4.78 is 8.29. The summed E-state index contributed by atoms with van der Waals surface area (Å²) in [5, 5.41) is 0. The summed E-state index contributed by atoms with van der Waals surface area (Å²) in [7, 11) is 0.